The summed E-state index contributed by atoms with van der Waals surface area (Å²) in [4.78, 5) is 24.6. The predicted molar refractivity (Wildman–Crippen MR) is 99.5 cm³/mol. The van der Waals surface area contributed by atoms with Crippen molar-refractivity contribution in [1.82, 2.24) is 25.4 Å². The van der Waals surface area contributed by atoms with Gasteiger partial charge in [0.05, 0.1) is 12.1 Å². The van der Waals surface area contributed by atoms with E-state index in [2.05, 4.69) is 25.4 Å². The van der Waals surface area contributed by atoms with Crippen molar-refractivity contribution < 1.29 is 14.1 Å². The number of hydrogen-bond donors (Lipinski definition) is 1. The predicted octanol–water partition coefficient (Wildman–Crippen LogP) is 3.25. The van der Waals surface area contributed by atoms with Gasteiger partial charge in [-0.3, -0.25) is 9.78 Å². The highest BCUT2D eigenvalue weighted by Gasteiger charge is 2.11. The van der Waals surface area contributed by atoms with Crippen molar-refractivity contribution in [2.24, 2.45) is 0 Å². The van der Waals surface area contributed by atoms with E-state index in [9.17, 15) is 4.79 Å². The summed E-state index contributed by atoms with van der Waals surface area (Å²) in [7, 11) is 0. The van der Waals surface area contributed by atoms with Crippen molar-refractivity contribution in [1.29, 1.82) is 0 Å². The number of aromatic nitrogens is 4. The first-order chi connectivity index (χ1) is 13.8. The average molecular weight is 373 g/mol. The first kappa shape index (κ1) is 17.3. The van der Waals surface area contributed by atoms with Crippen molar-refractivity contribution in [3.63, 3.8) is 0 Å². The van der Waals surface area contributed by atoms with Crippen LogP contribution < -0.4 is 10.1 Å². The Hall–Kier alpha value is -4.07. The van der Waals surface area contributed by atoms with Crippen LogP contribution in [0.4, 0.5) is 0 Å². The van der Waals surface area contributed by atoms with Crippen molar-refractivity contribution in [2.45, 2.75) is 6.54 Å². The molecule has 3 aromatic heterocycles. The number of hydrogen-bond acceptors (Lipinski definition) is 7. The fourth-order valence-corrected chi connectivity index (χ4v) is 2.39. The van der Waals surface area contributed by atoms with Gasteiger partial charge in [0, 0.05) is 30.2 Å². The number of rotatable bonds is 6. The van der Waals surface area contributed by atoms with Crippen LogP contribution in [0.3, 0.4) is 0 Å². The van der Waals surface area contributed by atoms with Crippen LogP contribution in [0.2, 0.25) is 0 Å². The summed E-state index contributed by atoms with van der Waals surface area (Å²) in [5.74, 6) is 1.52. The molecule has 8 nitrogen and oxygen atoms in total. The Kier molecular flexibility index (Phi) is 5.01. The quantitative estimate of drug-likeness (QED) is 0.553. The summed E-state index contributed by atoms with van der Waals surface area (Å²) in [6.07, 6.45) is 4.74. The van der Waals surface area contributed by atoms with Crippen molar-refractivity contribution in [2.75, 3.05) is 0 Å². The van der Waals surface area contributed by atoms with Gasteiger partial charge in [-0.15, -0.1) is 0 Å². The molecule has 4 aromatic rings. The third kappa shape index (κ3) is 4.18. The monoisotopic (exact) mass is 373 g/mol. The minimum atomic E-state index is -0.303. The van der Waals surface area contributed by atoms with Crippen LogP contribution in [0.5, 0.6) is 11.6 Å². The lowest BCUT2D eigenvalue weighted by atomic mass is 10.2. The molecule has 0 atom stereocenters. The van der Waals surface area contributed by atoms with Crippen molar-refractivity contribution in [3.05, 3.63) is 84.6 Å². The molecule has 0 unspecified atom stereocenters. The average Bonchev–Trinajstić information content (AvgIpc) is 3.23. The number of ether oxygens (including phenoxy) is 1. The Morgan fingerprint density at radius 1 is 1.04 bits per heavy atom. The molecule has 0 saturated carbocycles. The van der Waals surface area contributed by atoms with Crippen LogP contribution in [-0.2, 0) is 6.54 Å². The van der Waals surface area contributed by atoms with E-state index in [0.717, 1.165) is 5.56 Å². The van der Waals surface area contributed by atoms with Gasteiger partial charge >= 0.3 is 0 Å². The van der Waals surface area contributed by atoms with Gasteiger partial charge in [-0.25, -0.2) is 4.98 Å². The van der Waals surface area contributed by atoms with Crippen LogP contribution in [0.1, 0.15) is 16.2 Å². The van der Waals surface area contributed by atoms with Gasteiger partial charge in [0.2, 0.25) is 17.6 Å². The standard InChI is InChI=1S/C20H15N5O3/c26-20(15-6-7-17(22-12-15)27-16-4-2-1-3-5-16)23-13-18-24-19(25-28-18)14-8-10-21-11-9-14/h1-12H,13H2,(H,23,26). The van der Waals surface area contributed by atoms with E-state index in [-0.39, 0.29) is 12.5 Å². The maximum Gasteiger partial charge on any atom is 0.253 e. The zero-order valence-corrected chi connectivity index (χ0v) is 14.6. The van der Waals surface area contributed by atoms with Crippen LogP contribution in [0, 0.1) is 0 Å². The fourth-order valence-electron chi connectivity index (χ4n) is 2.39. The number of para-hydroxylation sites is 1. The molecule has 0 saturated heterocycles. The van der Waals surface area contributed by atoms with Gasteiger partial charge < -0.3 is 14.6 Å². The van der Waals surface area contributed by atoms with E-state index >= 15 is 0 Å². The second kappa shape index (κ2) is 8.09. The molecule has 138 valence electrons. The van der Waals surface area contributed by atoms with E-state index in [1.165, 1.54) is 6.20 Å². The maximum atomic E-state index is 12.3. The van der Waals surface area contributed by atoms with Crippen LogP contribution in [0.15, 0.2) is 77.7 Å². The number of amides is 1. The van der Waals surface area contributed by atoms with Crippen LogP contribution in [0.25, 0.3) is 11.4 Å². The number of nitrogens with zero attached hydrogens (tertiary/aromatic N) is 4. The third-order valence-electron chi connectivity index (χ3n) is 3.77. The number of carbonyl (C=O) groups is 1. The Morgan fingerprint density at radius 2 is 1.86 bits per heavy atom. The van der Waals surface area contributed by atoms with E-state index in [1.54, 1.807) is 36.7 Å². The van der Waals surface area contributed by atoms with Crippen LogP contribution in [-0.4, -0.2) is 26.0 Å². The second-order valence-electron chi connectivity index (χ2n) is 5.73. The SMILES string of the molecule is O=C(NCc1nc(-c2ccncc2)no1)c1ccc(Oc2ccccc2)nc1. The zero-order valence-electron chi connectivity index (χ0n) is 14.6. The first-order valence-corrected chi connectivity index (χ1v) is 8.48. The molecular formula is C20H15N5O3. The molecule has 0 fully saturated rings. The summed E-state index contributed by atoms with van der Waals surface area (Å²) in [6, 6.07) is 16.1. The second-order valence-corrected chi connectivity index (χ2v) is 5.73. The van der Waals surface area contributed by atoms with Gasteiger partial charge in [0.15, 0.2) is 0 Å². The zero-order chi connectivity index (χ0) is 19.2. The fraction of sp³-hybridized carbons (Fsp3) is 0.0500. The highest BCUT2D eigenvalue weighted by Crippen LogP contribution is 2.18. The van der Waals surface area contributed by atoms with Gasteiger partial charge in [-0.2, -0.15) is 4.98 Å². The molecule has 3 heterocycles. The lowest BCUT2D eigenvalue weighted by Crippen LogP contribution is -2.23. The summed E-state index contributed by atoms with van der Waals surface area (Å²) in [6.45, 7) is 0.110. The first-order valence-electron chi connectivity index (χ1n) is 8.48. The van der Waals surface area contributed by atoms with E-state index in [4.69, 9.17) is 9.26 Å². The number of benzene rings is 1. The summed E-state index contributed by atoms with van der Waals surface area (Å²) in [5.41, 5.74) is 1.18. The summed E-state index contributed by atoms with van der Waals surface area (Å²) >= 11 is 0. The topological polar surface area (TPSA) is 103 Å². The smallest absolute Gasteiger partial charge is 0.253 e. The molecule has 1 aromatic carbocycles. The molecule has 0 aliphatic carbocycles. The third-order valence-corrected chi connectivity index (χ3v) is 3.77. The molecule has 4 rings (SSSR count). The molecular weight excluding hydrogens is 358 g/mol. The Bertz CT molecular complexity index is 1050. The highest BCUT2D eigenvalue weighted by molar-refractivity contribution is 5.93. The molecule has 1 amide bonds. The Balaban J connectivity index is 1.34. The van der Waals surface area contributed by atoms with Gasteiger partial charge in [0.25, 0.3) is 5.91 Å². The van der Waals surface area contributed by atoms with Gasteiger partial charge in [0.1, 0.15) is 5.75 Å². The maximum absolute atomic E-state index is 12.3. The van der Waals surface area contributed by atoms with Gasteiger partial charge in [-0.05, 0) is 30.3 Å². The van der Waals surface area contributed by atoms with E-state index in [1.807, 2.05) is 30.3 Å². The molecule has 1 N–H and O–H groups in total. The molecule has 28 heavy (non-hydrogen) atoms. The minimum Gasteiger partial charge on any atom is -0.439 e. The lowest BCUT2D eigenvalue weighted by Gasteiger charge is -2.05. The normalized spacial score (nSPS) is 10.4. The molecule has 0 radical (unpaired) electrons. The molecule has 0 aliphatic heterocycles. The van der Waals surface area contributed by atoms with E-state index < -0.39 is 0 Å². The van der Waals surface area contributed by atoms with Crippen molar-refractivity contribution in [3.8, 4) is 23.0 Å². The molecule has 8 heteroatoms. The minimum absolute atomic E-state index is 0.110. The Morgan fingerprint density at radius 3 is 2.61 bits per heavy atom. The number of nitrogens with one attached hydrogen (secondary N) is 1. The van der Waals surface area contributed by atoms with Crippen molar-refractivity contribution >= 4 is 5.91 Å². The molecule has 0 spiro atoms. The van der Waals surface area contributed by atoms with Gasteiger partial charge in [-0.1, -0.05) is 23.4 Å². The van der Waals surface area contributed by atoms with E-state index in [0.29, 0.717) is 28.9 Å². The number of carbonyl (C=O) groups excluding carboxylic acids is 1. The summed E-state index contributed by atoms with van der Waals surface area (Å²) in [5, 5.41) is 6.62. The largest absolute Gasteiger partial charge is 0.439 e. The summed E-state index contributed by atoms with van der Waals surface area (Å²) < 4.78 is 10.8. The number of pyridine rings is 2. The van der Waals surface area contributed by atoms with Crippen LogP contribution >= 0.6 is 0 Å². The molecule has 0 aliphatic rings. The Labute approximate surface area is 160 Å². The molecule has 0 bridgehead atoms. The highest BCUT2D eigenvalue weighted by atomic mass is 16.5. The lowest BCUT2D eigenvalue weighted by molar-refractivity contribution is 0.0946.